The van der Waals surface area contributed by atoms with Gasteiger partial charge in [-0.15, -0.1) is 0 Å². The average Bonchev–Trinajstić information content (AvgIpc) is 2.29. The standard InChI is InChI=1S/C7H13NO3/c1-7(10)3-5(8-4-7)6(9)11-2/h5,8,10H,3-4H2,1-2H3/t5-,7-/m0/s1. The second-order valence-corrected chi connectivity index (χ2v) is 3.16. The Hall–Kier alpha value is -0.610. The molecule has 0 saturated carbocycles. The van der Waals surface area contributed by atoms with Gasteiger partial charge in [-0.25, -0.2) is 0 Å². The second-order valence-electron chi connectivity index (χ2n) is 3.16. The van der Waals surface area contributed by atoms with Crippen molar-refractivity contribution < 1.29 is 14.6 Å². The van der Waals surface area contributed by atoms with Crippen LogP contribution in [-0.4, -0.2) is 36.4 Å². The van der Waals surface area contributed by atoms with Crippen LogP contribution in [0.5, 0.6) is 0 Å². The molecule has 2 atom stereocenters. The average molecular weight is 159 g/mol. The van der Waals surface area contributed by atoms with Crippen LogP contribution in [0.1, 0.15) is 13.3 Å². The van der Waals surface area contributed by atoms with E-state index < -0.39 is 5.60 Å². The lowest BCUT2D eigenvalue weighted by atomic mass is 10.0. The number of nitrogens with one attached hydrogen (secondary N) is 1. The van der Waals surface area contributed by atoms with E-state index in [0.29, 0.717) is 13.0 Å². The van der Waals surface area contributed by atoms with Crippen LogP contribution in [0.3, 0.4) is 0 Å². The number of β-amino-alcohol motifs (C(OH)–C–C–N with tert-alkyl or cyclic N) is 1. The summed E-state index contributed by atoms with van der Waals surface area (Å²) in [5.41, 5.74) is -0.765. The fraction of sp³-hybridized carbons (Fsp3) is 0.857. The molecule has 2 N–H and O–H groups in total. The van der Waals surface area contributed by atoms with Gasteiger partial charge in [0.25, 0.3) is 0 Å². The van der Waals surface area contributed by atoms with E-state index in [0.717, 1.165) is 0 Å². The van der Waals surface area contributed by atoms with E-state index in [-0.39, 0.29) is 12.0 Å². The molecule has 1 aliphatic rings. The molecule has 1 heterocycles. The van der Waals surface area contributed by atoms with E-state index in [1.807, 2.05) is 0 Å². The Morgan fingerprint density at radius 3 is 2.82 bits per heavy atom. The van der Waals surface area contributed by atoms with E-state index in [9.17, 15) is 9.90 Å². The van der Waals surface area contributed by atoms with Gasteiger partial charge in [0.15, 0.2) is 0 Å². The zero-order valence-electron chi connectivity index (χ0n) is 6.76. The number of rotatable bonds is 1. The third kappa shape index (κ3) is 1.91. The van der Waals surface area contributed by atoms with E-state index >= 15 is 0 Å². The van der Waals surface area contributed by atoms with Crippen LogP contribution < -0.4 is 5.32 Å². The van der Waals surface area contributed by atoms with Crippen LogP contribution in [0.2, 0.25) is 0 Å². The Balaban J connectivity index is 2.48. The SMILES string of the molecule is COC(=O)[C@@H]1C[C@](C)(O)CN1. The largest absolute Gasteiger partial charge is 0.468 e. The van der Waals surface area contributed by atoms with Gasteiger partial charge in [0, 0.05) is 13.0 Å². The van der Waals surface area contributed by atoms with Gasteiger partial charge >= 0.3 is 5.97 Å². The highest BCUT2D eigenvalue weighted by atomic mass is 16.5. The molecule has 0 radical (unpaired) electrons. The fourth-order valence-electron chi connectivity index (χ4n) is 1.24. The molecule has 0 spiro atoms. The number of esters is 1. The van der Waals surface area contributed by atoms with Gasteiger partial charge in [-0.1, -0.05) is 0 Å². The van der Waals surface area contributed by atoms with E-state index in [2.05, 4.69) is 10.1 Å². The van der Waals surface area contributed by atoms with E-state index in [4.69, 9.17) is 0 Å². The van der Waals surface area contributed by atoms with Crippen molar-refractivity contribution in [2.24, 2.45) is 0 Å². The highest BCUT2D eigenvalue weighted by Gasteiger charge is 2.36. The summed E-state index contributed by atoms with van der Waals surface area (Å²) in [6, 6.07) is -0.338. The van der Waals surface area contributed by atoms with Gasteiger partial charge < -0.3 is 15.2 Å². The first-order valence-electron chi connectivity index (χ1n) is 3.59. The summed E-state index contributed by atoms with van der Waals surface area (Å²) in [7, 11) is 1.34. The van der Waals surface area contributed by atoms with Crippen molar-refractivity contribution in [3.8, 4) is 0 Å². The predicted molar refractivity (Wildman–Crippen MR) is 39.0 cm³/mol. The van der Waals surface area contributed by atoms with Gasteiger partial charge in [-0.2, -0.15) is 0 Å². The maximum atomic E-state index is 10.9. The van der Waals surface area contributed by atoms with Gasteiger partial charge in [0.05, 0.1) is 12.7 Å². The summed E-state index contributed by atoms with van der Waals surface area (Å²) in [6.07, 6.45) is 0.430. The van der Waals surface area contributed by atoms with Crippen molar-refractivity contribution in [3.05, 3.63) is 0 Å². The minimum Gasteiger partial charge on any atom is -0.468 e. The van der Waals surface area contributed by atoms with Crippen molar-refractivity contribution in [2.45, 2.75) is 25.0 Å². The maximum Gasteiger partial charge on any atom is 0.322 e. The van der Waals surface area contributed by atoms with Crippen molar-refractivity contribution in [1.82, 2.24) is 5.32 Å². The molecule has 64 valence electrons. The second kappa shape index (κ2) is 2.79. The van der Waals surface area contributed by atoms with Gasteiger partial charge in [0.2, 0.25) is 0 Å². The summed E-state index contributed by atoms with van der Waals surface area (Å²) in [4.78, 5) is 10.9. The lowest BCUT2D eigenvalue weighted by Crippen LogP contribution is -2.31. The van der Waals surface area contributed by atoms with Crippen molar-refractivity contribution in [3.63, 3.8) is 0 Å². The molecule has 1 fully saturated rings. The summed E-state index contributed by atoms with van der Waals surface area (Å²) < 4.78 is 4.51. The van der Waals surface area contributed by atoms with Gasteiger partial charge in [-0.3, -0.25) is 4.79 Å². The third-order valence-corrected chi connectivity index (χ3v) is 1.86. The Bertz CT molecular complexity index is 167. The van der Waals surface area contributed by atoms with Crippen molar-refractivity contribution in [2.75, 3.05) is 13.7 Å². The van der Waals surface area contributed by atoms with Crippen LogP contribution in [0.4, 0.5) is 0 Å². The number of hydrogen-bond acceptors (Lipinski definition) is 4. The summed E-state index contributed by atoms with van der Waals surface area (Å²) in [5, 5.41) is 12.3. The highest BCUT2D eigenvalue weighted by Crippen LogP contribution is 2.18. The molecule has 4 heteroatoms. The van der Waals surface area contributed by atoms with Gasteiger partial charge in [0.1, 0.15) is 6.04 Å². The number of carbonyl (C=O) groups is 1. The van der Waals surface area contributed by atoms with Crippen LogP contribution >= 0.6 is 0 Å². The van der Waals surface area contributed by atoms with Crippen LogP contribution in [-0.2, 0) is 9.53 Å². The van der Waals surface area contributed by atoms with E-state index in [1.165, 1.54) is 7.11 Å². The smallest absolute Gasteiger partial charge is 0.322 e. The predicted octanol–water partition coefficient (Wildman–Crippen LogP) is -0.728. The number of methoxy groups -OCH3 is 1. The Labute approximate surface area is 65.5 Å². The molecule has 1 rings (SSSR count). The zero-order valence-corrected chi connectivity index (χ0v) is 6.76. The molecule has 0 aromatic carbocycles. The zero-order chi connectivity index (χ0) is 8.48. The summed E-state index contributed by atoms with van der Waals surface area (Å²) >= 11 is 0. The molecule has 0 bridgehead atoms. The Kier molecular flexibility index (Phi) is 2.15. The topological polar surface area (TPSA) is 58.6 Å². The molecule has 0 unspecified atom stereocenters. The van der Waals surface area contributed by atoms with E-state index in [1.54, 1.807) is 6.92 Å². The number of ether oxygens (including phenoxy) is 1. The fourth-order valence-corrected chi connectivity index (χ4v) is 1.24. The summed E-state index contributed by atoms with van der Waals surface area (Å²) in [6.45, 7) is 2.15. The normalized spacial score (nSPS) is 37.2. The van der Waals surface area contributed by atoms with Crippen LogP contribution in [0.25, 0.3) is 0 Å². The first-order chi connectivity index (χ1) is 5.05. The lowest BCUT2D eigenvalue weighted by molar-refractivity contribution is -0.143. The molecular formula is C7H13NO3. The number of hydrogen-bond donors (Lipinski definition) is 2. The first-order valence-corrected chi connectivity index (χ1v) is 3.59. The molecule has 0 aromatic heterocycles. The van der Waals surface area contributed by atoms with Crippen molar-refractivity contribution >= 4 is 5.97 Å². The molecule has 4 nitrogen and oxygen atoms in total. The minimum atomic E-state index is -0.765. The number of carbonyl (C=O) groups excluding carboxylic acids is 1. The third-order valence-electron chi connectivity index (χ3n) is 1.86. The molecular weight excluding hydrogens is 146 g/mol. The molecule has 0 amide bonds. The minimum absolute atomic E-state index is 0.303. The Morgan fingerprint density at radius 1 is 1.82 bits per heavy atom. The Morgan fingerprint density at radius 2 is 2.45 bits per heavy atom. The van der Waals surface area contributed by atoms with Crippen LogP contribution in [0, 0.1) is 0 Å². The highest BCUT2D eigenvalue weighted by molar-refractivity contribution is 5.76. The first kappa shape index (κ1) is 8.49. The van der Waals surface area contributed by atoms with Crippen molar-refractivity contribution in [1.29, 1.82) is 0 Å². The number of aliphatic hydroxyl groups is 1. The monoisotopic (exact) mass is 159 g/mol. The maximum absolute atomic E-state index is 10.9. The lowest BCUT2D eigenvalue weighted by Gasteiger charge is -2.13. The molecule has 0 aliphatic carbocycles. The quantitative estimate of drug-likeness (QED) is 0.495. The summed E-state index contributed by atoms with van der Waals surface area (Å²) in [5.74, 6) is -0.303. The van der Waals surface area contributed by atoms with Gasteiger partial charge in [-0.05, 0) is 6.92 Å². The molecule has 1 aliphatic heterocycles. The molecule has 0 aromatic rings. The molecule has 1 saturated heterocycles. The molecule has 11 heavy (non-hydrogen) atoms. The van der Waals surface area contributed by atoms with Crippen LogP contribution in [0.15, 0.2) is 0 Å².